The third-order valence-corrected chi connectivity index (χ3v) is 3.93. The number of hydrogen-bond donors (Lipinski definition) is 2. The lowest BCUT2D eigenvalue weighted by atomic mass is 10.1. The minimum absolute atomic E-state index is 0.00583. The number of benzene rings is 1. The van der Waals surface area contributed by atoms with Crippen molar-refractivity contribution in [1.29, 1.82) is 0 Å². The van der Waals surface area contributed by atoms with Gasteiger partial charge in [0, 0.05) is 9.26 Å². The number of nitrogen functional groups attached to an aromatic ring is 2. The second-order valence-electron chi connectivity index (χ2n) is 2.55. The van der Waals surface area contributed by atoms with E-state index in [0.717, 1.165) is 6.07 Å². The third kappa shape index (κ3) is 2.18. The van der Waals surface area contributed by atoms with Crippen LogP contribution in [0.5, 0.6) is 0 Å². The minimum atomic E-state index is -4.41. The fraction of sp³-hybridized carbons (Fsp3) is 0.143. The maximum Gasteiger partial charge on any atom is 0.417 e. The topological polar surface area (TPSA) is 52.0 Å². The molecule has 0 unspecified atom stereocenters. The van der Waals surface area contributed by atoms with Crippen LogP contribution >= 0.6 is 45.2 Å². The first-order valence-electron chi connectivity index (χ1n) is 3.35. The van der Waals surface area contributed by atoms with Crippen molar-refractivity contribution < 1.29 is 13.2 Å². The Labute approximate surface area is 105 Å². The Hall–Kier alpha value is 0.0700. The van der Waals surface area contributed by atoms with E-state index in [2.05, 4.69) is 0 Å². The van der Waals surface area contributed by atoms with E-state index in [9.17, 15) is 13.2 Å². The molecule has 4 N–H and O–H groups in total. The number of alkyl halides is 3. The highest BCUT2D eigenvalue weighted by molar-refractivity contribution is 14.1. The smallest absolute Gasteiger partial charge is 0.398 e. The van der Waals surface area contributed by atoms with E-state index in [0.29, 0.717) is 3.57 Å². The lowest BCUT2D eigenvalue weighted by Crippen LogP contribution is -2.11. The van der Waals surface area contributed by atoms with Crippen LogP contribution in [-0.4, -0.2) is 0 Å². The minimum Gasteiger partial charge on any atom is -0.398 e. The maximum atomic E-state index is 12.4. The van der Waals surface area contributed by atoms with Gasteiger partial charge in [-0.05, 0) is 51.2 Å². The van der Waals surface area contributed by atoms with Crippen LogP contribution in [0.3, 0.4) is 0 Å². The van der Waals surface area contributed by atoms with Gasteiger partial charge in [0.1, 0.15) is 0 Å². The molecule has 0 heterocycles. The van der Waals surface area contributed by atoms with Crippen LogP contribution in [0.25, 0.3) is 0 Å². The molecule has 7 heteroatoms. The molecule has 0 aliphatic rings. The molecule has 78 valence electrons. The summed E-state index contributed by atoms with van der Waals surface area (Å²) in [6.07, 6.45) is -4.41. The van der Waals surface area contributed by atoms with Crippen molar-refractivity contribution in [3.63, 3.8) is 0 Å². The number of rotatable bonds is 0. The molecule has 0 amide bonds. The second-order valence-corrected chi connectivity index (χ2v) is 4.71. The Morgan fingerprint density at radius 3 is 2.00 bits per heavy atom. The number of nitrogens with two attached hydrogens (primary N) is 2. The van der Waals surface area contributed by atoms with E-state index in [1.165, 1.54) is 0 Å². The monoisotopic (exact) mass is 428 g/mol. The van der Waals surface area contributed by atoms with E-state index in [1.807, 2.05) is 22.6 Å². The van der Waals surface area contributed by atoms with Gasteiger partial charge in [-0.3, -0.25) is 0 Å². The zero-order valence-corrected chi connectivity index (χ0v) is 10.9. The fourth-order valence-corrected chi connectivity index (χ4v) is 2.56. The lowest BCUT2D eigenvalue weighted by molar-refractivity contribution is -0.138. The molecule has 0 saturated carbocycles. The number of hydrogen-bond acceptors (Lipinski definition) is 2. The molecule has 0 atom stereocenters. The number of halogens is 5. The average Bonchev–Trinajstić information content (AvgIpc) is 2.06. The Bertz CT molecular complexity index is 376. The quantitative estimate of drug-likeness (QED) is 0.494. The predicted molar refractivity (Wildman–Crippen MR) is 65.7 cm³/mol. The zero-order chi connectivity index (χ0) is 11.1. The van der Waals surface area contributed by atoms with Gasteiger partial charge >= 0.3 is 6.18 Å². The van der Waals surface area contributed by atoms with Crippen molar-refractivity contribution in [1.82, 2.24) is 0 Å². The molecule has 0 aliphatic heterocycles. The number of anilines is 2. The molecule has 0 aromatic heterocycles. The second kappa shape index (κ2) is 3.91. The van der Waals surface area contributed by atoms with Gasteiger partial charge in [0.25, 0.3) is 0 Å². The highest BCUT2D eigenvalue weighted by atomic mass is 127. The highest BCUT2D eigenvalue weighted by Gasteiger charge is 2.34. The summed E-state index contributed by atoms with van der Waals surface area (Å²) < 4.78 is 37.7. The molecule has 14 heavy (non-hydrogen) atoms. The first-order chi connectivity index (χ1) is 6.25. The van der Waals surface area contributed by atoms with Crippen molar-refractivity contribution in [2.24, 2.45) is 0 Å². The maximum absolute atomic E-state index is 12.4. The summed E-state index contributed by atoms with van der Waals surface area (Å²) in [5, 5.41) is 0. The molecular weight excluding hydrogens is 423 g/mol. The first-order valence-corrected chi connectivity index (χ1v) is 5.51. The largest absolute Gasteiger partial charge is 0.417 e. The van der Waals surface area contributed by atoms with E-state index in [-0.39, 0.29) is 14.9 Å². The lowest BCUT2D eigenvalue weighted by Gasteiger charge is -2.13. The van der Waals surface area contributed by atoms with Crippen LogP contribution in [0.4, 0.5) is 24.5 Å². The summed E-state index contributed by atoms with van der Waals surface area (Å²) in [7, 11) is 0. The van der Waals surface area contributed by atoms with Crippen LogP contribution in [0.15, 0.2) is 6.07 Å². The van der Waals surface area contributed by atoms with E-state index in [4.69, 9.17) is 11.5 Å². The van der Waals surface area contributed by atoms with E-state index < -0.39 is 11.7 Å². The van der Waals surface area contributed by atoms with Gasteiger partial charge in [-0.15, -0.1) is 0 Å². The molecule has 0 spiro atoms. The van der Waals surface area contributed by atoms with Gasteiger partial charge in [-0.25, -0.2) is 0 Å². The van der Waals surface area contributed by atoms with Crippen molar-refractivity contribution in [2.45, 2.75) is 6.18 Å². The van der Waals surface area contributed by atoms with Crippen molar-refractivity contribution in [3.8, 4) is 0 Å². The predicted octanol–water partition coefficient (Wildman–Crippen LogP) is 3.08. The van der Waals surface area contributed by atoms with Crippen molar-refractivity contribution in [2.75, 3.05) is 11.5 Å². The van der Waals surface area contributed by atoms with Gasteiger partial charge in [0.05, 0.1) is 14.8 Å². The molecule has 0 radical (unpaired) electrons. The van der Waals surface area contributed by atoms with Crippen molar-refractivity contribution in [3.05, 3.63) is 18.8 Å². The summed E-state index contributed by atoms with van der Waals surface area (Å²) in [6.45, 7) is 0. The molecular formula is C7H5F3I2N2. The molecule has 1 rings (SSSR count). The molecule has 0 bridgehead atoms. The average molecular weight is 428 g/mol. The molecule has 1 aromatic carbocycles. The van der Waals surface area contributed by atoms with E-state index >= 15 is 0 Å². The molecule has 1 aromatic rings. The Morgan fingerprint density at radius 2 is 1.57 bits per heavy atom. The summed E-state index contributed by atoms with van der Waals surface area (Å²) in [6, 6.07) is 0.903. The third-order valence-electron chi connectivity index (χ3n) is 1.57. The Kier molecular flexibility index (Phi) is 3.39. The SMILES string of the molecule is Nc1cc(C(F)(F)F)c(I)c(N)c1I. The highest BCUT2D eigenvalue weighted by Crippen LogP contribution is 2.39. The van der Waals surface area contributed by atoms with Crippen molar-refractivity contribution >= 4 is 56.6 Å². The van der Waals surface area contributed by atoms with Crippen LogP contribution in [0, 0.1) is 7.14 Å². The van der Waals surface area contributed by atoms with Crippen LogP contribution < -0.4 is 11.5 Å². The first kappa shape index (κ1) is 12.1. The summed E-state index contributed by atoms with van der Waals surface area (Å²) >= 11 is 3.38. The summed E-state index contributed by atoms with van der Waals surface area (Å²) in [4.78, 5) is 0. The fourth-order valence-electron chi connectivity index (χ4n) is 0.885. The van der Waals surface area contributed by atoms with Gasteiger partial charge in [0.2, 0.25) is 0 Å². The van der Waals surface area contributed by atoms with Crippen LogP contribution in [-0.2, 0) is 6.18 Å². The zero-order valence-electron chi connectivity index (χ0n) is 6.62. The van der Waals surface area contributed by atoms with Gasteiger partial charge in [0.15, 0.2) is 0 Å². The van der Waals surface area contributed by atoms with E-state index in [1.54, 1.807) is 22.6 Å². The molecule has 0 aliphatic carbocycles. The van der Waals surface area contributed by atoms with Crippen LogP contribution in [0.1, 0.15) is 5.56 Å². The van der Waals surface area contributed by atoms with Gasteiger partial charge in [-0.2, -0.15) is 13.2 Å². The van der Waals surface area contributed by atoms with Gasteiger partial charge < -0.3 is 11.5 Å². The Morgan fingerprint density at radius 1 is 1.07 bits per heavy atom. The normalized spacial score (nSPS) is 11.8. The van der Waals surface area contributed by atoms with Gasteiger partial charge in [-0.1, -0.05) is 0 Å². The standard InChI is InChI=1S/C7H5F3I2N2/c8-7(9,10)2-1-3(13)5(12)6(14)4(2)11/h1H,13-14H2. The molecule has 2 nitrogen and oxygen atoms in total. The molecule has 0 saturated heterocycles. The van der Waals surface area contributed by atoms with Crippen LogP contribution in [0.2, 0.25) is 0 Å². The Balaban J connectivity index is 3.49. The summed E-state index contributed by atoms with van der Waals surface area (Å²) in [5.74, 6) is 0. The molecule has 0 fully saturated rings. The summed E-state index contributed by atoms with van der Waals surface area (Å²) in [5.41, 5.74) is 10.2.